The average molecular weight is 312 g/mol. The van der Waals surface area contributed by atoms with Crippen molar-refractivity contribution in [1.29, 1.82) is 0 Å². The van der Waals surface area contributed by atoms with Gasteiger partial charge in [-0.05, 0) is 29.8 Å². The summed E-state index contributed by atoms with van der Waals surface area (Å²) < 4.78 is 5.20. The minimum atomic E-state index is -0.413. The van der Waals surface area contributed by atoms with Crippen molar-refractivity contribution in [2.24, 2.45) is 0 Å². The van der Waals surface area contributed by atoms with E-state index in [1.54, 1.807) is 7.11 Å². The van der Waals surface area contributed by atoms with Crippen molar-refractivity contribution in [3.63, 3.8) is 0 Å². The molecule has 0 radical (unpaired) electrons. The lowest BCUT2D eigenvalue weighted by Crippen LogP contribution is -2.47. The molecule has 1 N–H and O–H groups in total. The molecule has 2 aromatic rings. The lowest BCUT2D eigenvalue weighted by Gasteiger charge is -2.37. The van der Waals surface area contributed by atoms with Crippen molar-refractivity contribution in [1.82, 2.24) is 4.90 Å². The number of aliphatic hydroxyl groups excluding tert-OH is 1. The van der Waals surface area contributed by atoms with Gasteiger partial charge in [0.15, 0.2) is 0 Å². The Hall–Kier alpha value is -2.04. The number of ether oxygens (including phenoxy) is 1. The average Bonchev–Trinajstić information content (AvgIpc) is 2.63. The molecule has 0 spiro atoms. The molecule has 1 fully saturated rings. The Kier molecular flexibility index (Phi) is 5.16. The van der Waals surface area contributed by atoms with Crippen molar-refractivity contribution < 1.29 is 9.84 Å². The SMILES string of the molecule is COc1ccc(N2CCN(C[C@@H](O)c3ccccc3)CC2)cc1. The molecule has 4 nitrogen and oxygen atoms in total. The first kappa shape index (κ1) is 15.8. The van der Waals surface area contributed by atoms with Gasteiger partial charge in [0.25, 0.3) is 0 Å². The fourth-order valence-corrected chi connectivity index (χ4v) is 3.01. The number of hydrogen-bond acceptors (Lipinski definition) is 4. The molecular weight excluding hydrogens is 288 g/mol. The third kappa shape index (κ3) is 4.03. The summed E-state index contributed by atoms with van der Waals surface area (Å²) in [6.45, 7) is 4.59. The Balaban J connectivity index is 1.52. The highest BCUT2D eigenvalue weighted by Gasteiger charge is 2.20. The third-order valence-corrected chi connectivity index (χ3v) is 4.43. The minimum Gasteiger partial charge on any atom is -0.497 e. The summed E-state index contributed by atoms with van der Waals surface area (Å²) in [6, 6.07) is 18.1. The maximum Gasteiger partial charge on any atom is 0.119 e. The second kappa shape index (κ2) is 7.49. The topological polar surface area (TPSA) is 35.9 Å². The van der Waals surface area contributed by atoms with Crippen LogP contribution in [-0.2, 0) is 0 Å². The number of anilines is 1. The van der Waals surface area contributed by atoms with Crippen LogP contribution in [-0.4, -0.2) is 49.8 Å². The summed E-state index contributed by atoms with van der Waals surface area (Å²) in [4.78, 5) is 4.71. The molecule has 122 valence electrons. The number of nitrogens with zero attached hydrogens (tertiary/aromatic N) is 2. The van der Waals surface area contributed by atoms with Gasteiger partial charge >= 0.3 is 0 Å². The van der Waals surface area contributed by atoms with Crippen molar-refractivity contribution in [2.75, 3.05) is 44.7 Å². The molecule has 1 aliphatic rings. The zero-order valence-corrected chi connectivity index (χ0v) is 13.6. The fourth-order valence-electron chi connectivity index (χ4n) is 3.01. The lowest BCUT2D eigenvalue weighted by molar-refractivity contribution is 0.109. The van der Waals surface area contributed by atoms with E-state index >= 15 is 0 Å². The molecule has 0 aromatic heterocycles. The van der Waals surface area contributed by atoms with Crippen LogP contribution in [0.1, 0.15) is 11.7 Å². The van der Waals surface area contributed by atoms with Gasteiger partial charge in [-0.3, -0.25) is 4.90 Å². The zero-order chi connectivity index (χ0) is 16.1. The molecule has 0 unspecified atom stereocenters. The molecule has 1 atom stereocenters. The number of methoxy groups -OCH3 is 1. The van der Waals surface area contributed by atoms with E-state index in [4.69, 9.17) is 4.74 Å². The third-order valence-electron chi connectivity index (χ3n) is 4.43. The fraction of sp³-hybridized carbons (Fsp3) is 0.368. The predicted molar refractivity (Wildman–Crippen MR) is 93.0 cm³/mol. The van der Waals surface area contributed by atoms with E-state index < -0.39 is 6.10 Å². The van der Waals surface area contributed by atoms with Crippen LogP contribution in [0.25, 0.3) is 0 Å². The van der Waals surface area contributed by atoms with Gasteiger partial charge in [0.2, 0.25) is 0 Å². The highest BCUT2D eigenvalue weighted by Crippen LogP contribution is 2.21. The maximum absolute atomic E-state index is 10.3. The molecule has 1 aliphatic heterocycles. The van der Waals surface area contributed by atoms with Crippen LogP contribution in [0.5, 0.6) is 5.75 Å². The zero-order valence-electron chi connectivity index (χ0n) is 13.6. The van der Waals surface area contributed by atoms with Gasteiger partial charge in [0, 0.05) is 38.4 Å². The van der Waals surface area contributed by atoms with Crippen LogP contribution >= 0.6 is 0 Å². The molecule has 23 heavy (non-hydrogen) atoms. The van der Waals surface area contributed by atoms with Crippen molar-refractivity contribution in [3.8, 4) is 5.75 Å². The monoisotopic (exact) mass is 312 g/mol. The first-order valence-corrected chi connectivity index (χ1v) is 8.10. The van der Waals surface area contributed by atoms with E-state index in [1.165, 1.54) is 5.69 Å². The first-order valence-electron chi connectivity index (χ1n) is 8.10. The Morgan fingerprint density at radius 3 is 2.22 bits per heavy atom. The van der Waals surface area contributed by atoms with Gasteiger partial charge in [0.1, 0.15) is 5.75 Å². The van der Waals surface area contributed by atoms with Crippen LogP contribution in [0.4, 0.5) is 5.69 Å². The molecule has 1 heterocycles. The van der Waals surface area contributed by atoms with E-state index in [9.17, 15) is 5.11 Å². The second-order valence-corrected chi connectivity index (χ2v) is 5.91. The van der Waals surface area contributed by atoms with Gasteiger partial charge in [-0.25, -0.2) is 0 Å². The standard InChI is InChI=1S/C19H24N2O2/c1-23-18-9-7-17(8-10-18)21-13-11-20(12-14-21)15-19(22)16-5-3-2-4-6-16/h2-10,19,22H,11-15H2,1H3/t19-/m1/s1. The summed E-state index contributed by atoms with van der Waals surface area (Å²) in [5, 5.41) is 10.3. The normalized spacial score (nSPS) is 17.0. The van der Waals surface area contributed by atoms with Gasteiger partial charge < -0.3 is 14.7 Å². The summed E-state index contributed by atoms with van der Waals surface area (Å²) in [5.74, 6) is 0.887. The van der Waals surface area contributed by atoms with E-state index in [-0.39, 0.29) is 0 Å². The van der Waals surface area contributed by atoms with Gasteiger partial charge in [-0.2, -0.15) is 0 Å². The lowest BCUT2D eigenvalue weighted by atomic mass is 10.1. The first-order chi connectivity index (χ1) is 11.3. The second-order valence-electron chi connectivity index (χ2n) is 5.91. The Morgan fingerprint density at radius 1 is 0.957 bits per heavy atom. The van der Waals surface area contributed by atoms with Crippen LogP contribution in [0.2, 0.25) is 0 Å². The molecule has 0 saturated carbocycles. The number of β-amino-alcohol motifs (C(OH)–C–C–N with tert-alkyl or cyclic N) is 1. The van der Waals surface area contributed by atoms with E-state index in [1.807, 2.05) is 42.5 Å². The van der Waals surface area contributed by atoms with E-state index in [0.717, 1.165) is 37.5 Å². The highest BCUT2D eigenvalue weighted by atomic mass is 16.5. The molecule has 3 rings (SSSR count). The van der Waals surface area contributed by atoms with Crippen molar-refractivity contribution >= 4 is 5.69 Å². The Morgan fingerprint density at radius 2 is 1.61 bits per heavy atom. The van der Waals surface area contributed by atoms with Crippen LogP contribution in [0.15, 0.2) is 54.6 Å². The van der Waals surface area contributed by atoms with Gasteiger partial charge in [-0.15, -0.1) is 0 Å². The largest absolute Gasteiger partial charge is 0.497 e. The van der Waals surface area contributed by atoms with E-state index in [2.05, 4.69) is 21.9 Å². The van der Waals surface area contributed by atoms with Crippen molar-refractivity contribution in [3.05, 3.63) is 60.2 Å². The molecule has 0 amide bonds. The van der Waals surface area contributed by atoms with E-state index in [0.29, 0.717) is 6.54 Å². The van der Waals surface area contributed by atoms with Crippen LogP contribution in [0, 0.1) is 0 Å². The number of piperazine rings is 1. The number of rotatable bonds is 5. The van der Waals surface area contributed by atoms with Gasteiger partial charge in [-0.1, -0.05) is 30.3 Å². The quantitative estimate of drug-likeness (QED) is 0.920. The Bertz CT molecular complexity index is 593. The van der Waals surface area contributed by atoms with Crippen LogP contribution < -0.4 is 9.64 Å². The van der Waals surface area contributed by atoms with Crippen molar-refractivity contribution in [2.45, 2.75) is 6.10 Å². The molecule has 0 aliphatic carbocycles. The molecule has 1 saturated heterocycles. The predicted octanol–water partition coefficient (Wildman–Crippen LogP) is 2.55. The molecule has 2 aromatic carbocycles. The molecule has 0 bridgehead atoms. The summed E-state index contributed by atoms with van der Waals surface area (Å²) in [7, 11) is 1.69. The summed E-state index contributed by atoms with van der Waals surface area (Å²) >= 11 is 0. The molecule has 4 heteroatoms. The smallest absolute Gasteiger partial charge is 0.119 e. The maximum atomic E-state index is 10.3. The highest BCUT2D eigenvalue weighted by molar-refractivity contribution is 5.49. The summed E-state index contributed by atoms with van der Waals surface area (Å²) in [5.41, 5.74) is 2.22. The number of hydrogen-bond donors (Lipinski definition) is 1. The number of benzene rings is 2. The summed E-state index contributed by atoms with van der Waals surface area (Å²) in [6.07, 6.45) is -0.413. The minimum absolute atomic E-state index is 0.413. The number of aliphatic hydroxyl groups is 1. The molecular formula is C19H24N2O2. The van der Waals surface area contributed by atoms with Gasteiger partial charge in [0.05, 0.1) is 13.2 Å². The van der Waals surface area contributed by atoms with Crippen LogP contribution in [0.3, 0.4) is 0 Å². The Labute approximate surface area is 137 Å².